The molecule has 2 nitrogen and oxygen atoms in total. The molecule has 0 spiro atoms. The highest BCUT2D eigenvalue weighted by Gasteiger charge is 2.43. The van der Waals surface area contributed by atoms with Crippen molar-refractivity contribution >= 4 is 0 Å². The highest BCUT2D eigenvalue weighted by atomic mass is 16.3. The average molecular weight is 191 g/mol. The maximum atomic E-state index is 9.92. The Morgan fingerprint density at radius 1 is 1.36 bits per heavy atom. The second kappa shape index (κ2) is 3.37. The molecule has 1 fully saturated rings. The molecule has 0 amide bonds. The number of nitrogens with zero attached hydrogens (tertiary/aromatic N) is 1. The summed E-state index contributed by atoms with van der Waals surface area (Å²) in [5.41, 5.74) is 1.31. The van der Waals surface area contributed by atoms with Gasteiger partial charge in [-0.1, -0.05) is 30.3 Å². The third-order valence-corrected chi connectivity index (χ3v) is 2.91. The van der Waals surface area contributed by atoms with Crippen LogP contribution in [0.5, 0.6) is 0 Å². The smallest absolute Gasteiger partial charge is 0.0917 e. The third kappa shape index (κ3) is 1.97. The summed E-state index contributed by atoms with van der Waals surface area (Å²) < 4.78 is 0. The standard InChI is InChI=1S/C12H17NO/c1-12(2)9-13(12)8-11(14)10-6-4-3-5-7-10/h3-7,11,14H,8-9H2,1-2H3/t11-,13?/m1/s1. The van der Waals surface area contributed by atoms with E-state index in [0.29, 0.717) is 5.54 Å². The van der Waals surface area contributed by atoms with Crippen LogP contribution in [0.1, 0.15) is 25.5 Å². The van der Waals surface area contributed by atoms with Crippen LogP contribution in [-0.4, -0.2) is 28.6 Å². The largest absolute Gasteiger partial charge is 0.387 e. The molecular weight excluding hydrogens is 174 g/mol. The molecule has 2 heteroatoms. The van der Waals surface area contributed by atoms with Gasteiger partial charge in [-0.05, 0) is 19.4 Å². The van der Waals surface area contributed by atoms with Crippen LogP contribution < -0.4 is 0 Å². The van der Waals surface area contributed by atoms with Gasteiger partial charge in [-0.25, -0.2) is 0 Å². The van der Waals surface area contributed by atoms with Crippen molar-refractivity contribution < 1.29 is 5.11 Å². The monoisotopic (exact) mass is 191 g/mol. The van der Waals surface area contributed by atoms with Crippen LogP contribution in [0.15, 0.2) is 30.3 Å². The molecule has 0 aromatic heterocycles. The SMILES string of the molecule is CC1(C)CN1C[C@@H](O)c1ccccc1. The molecule has 0 bridgehead atoms. The number of benzene rings is 1. The van der Waals surface area contributed by atoms with Gasteiger partial charge in [0, 0.05) is 18.6 Å². The molecule has 1 heterocycles. The summed E-state index contributed by atoms with van der Waals surface area (Å²) in [5.74, 6) is 0. The maximum absolute atomic E-state index is 9.92. The first-order chi connectivity index (χ1) is 6.59. The van der Waals surface area contributed by atoms with Gasteiger partial charge in [0.15, 0.2) is 0 Å². The molecule has 0 aliphatic carbocycles. The van der Waals surface area contributed by atoms with Gasteiger partial charge in [0.25, 0.3) is 0 Å². The second-order valence-electron chi connectivity index (χ2n) is 4.62. The van der Waals surface area contributed by atoms with E-state index in [9.17, 15) is 5.11 Å². The molecule has 1 aliphatic rings. The molecule has 2 atom stereocenters. The van der Waals surface area contributed by atoms with Crippen LogP contribution >= 0.6 is 0 Å². The van der Waals surface area contributed by atoms with Gasteiger partial charge in [0.05, 0.1) is 6.10 Å². The van der Waals surface area contributed by atoms with Crippen LogP contribution in [0.4, 0.5) is 0 Å². The van der Waals surface area contributed by atoms with Crippen molar-refractivity contribution in [2.24, 2.45) is 0 Å². The van der Waals surface area contributed by atoms with Crippen LogP contribution in [0.2, 0.25) is 0 Å². The van der Waals surface area contributed by atoms with E-state index in [0.717, 1.165) is 18.7 Å². The minimum Gasteiger partial charge on any atom is -0.387 e. The number of rotatable bonds is 3. The van der Waals surface area contributed by atoms with Crippen LogP contribution in [0.25, 0.3) is 0 Å². The number of hydrogen-bond donors (Lipinski definition) is 1. The molecular formula is C12H17NO. The van der Waals surface area contributed by atoms with Crippen LogP contribution in [-0.2, 0) is 0 Å². The van der Waals surface area contributed by atoms with Crippen molar-refractivity contribution in [1.29, 1.82) is 0 Å². The van der Waals surface area contributed by atoms with Gasteiger partial charge >= 0.3 is 0 Å². The summed E-state index contributed by atoms with van der Waals surface area (Å²) >= 11 is 0. The topological polar surface area (TPSA) is 23.2 Å². The number of β-amino-alcohol motifs (C(OH)–C–C–N with tert-alkyl or cyclic N) is 1. The predicted molar refractivity (Wildman–Crippen MR) is 57.1 cm³/mol. The van der Waals surface area contributed by atoms with Gasteiger partial charge < -0.3 is 5.11 Å². The van der Waals surface area contributed by atoms with Gasteiger partial charge in [-0.15, -0.1) is 0 Å². The van der Waals surface area contributed by atoms with Crippen molar-refractivity contribution in [2.75, 3.05) is 13.1 Å². The Hall–Kier alpha value is -0.860. The zero-order chi connectivity index (χ0) is 10.2. The summed E-state index contributed by atoms with van der Waals surface area (Å²) in [7, 11) is 0. The molecule has 76 valence electrons. The van der Waals surface area contributed by atoms with Gasteiger partial charge in [-0.2, -0.15) is 0 Å². The molecule has 1 saturated heterocycles. The predicted octanol–water partition coefficient (Wildman–Crippen LogP) is 1.81. The van der Waals surface area contributed by atoms with Gasteiger partial charge in [-0.3, -0.25) is 4.90 Å². The summed E-state index contributed by atoms with van der Waals surface area (Å²) in [6, 6.07) is 9.84. The maximum Gasteiger partial charge on any atom is 0.0917 e. The summed E-state index contributed by atoms with van der Waals surface area (Å²) in [5, 5.41) is 9.92. The lowest BCUT2D eigenvalue weighted by atomic mass is 10.1. The summed E-state index contributed by atoms with van der Waals surface area (Å²) in [6.07, 6.45) is -0.349. The number of aliphatic hydroxyl groups excluding tert-OH is 1. The lowest BCUT2D eigenvalue weighted by molar-refractivity contribution is 0.148. The van der Waals surface area contributed by atoms with Crippen molar-refractivity contribution in [2.45, 2.75) is 25.5 Å². The van der Waals surface area contributed by atoms with E-state index in [2.05, 4.69) is 18.7 Å². The zero-order valence-electron chi connectivity index (χ0n) is 8.77. The van der Waals surface area contributed by atoms with E-state index in [-0.39, 0.29) is 6.10 Å². The van der Waals surface area contributed by atoms with Crippen LogP contribution in [0.3, 0.4) is 0 Å². The fourth-order valence-electron chi connectivity index (χ4n) is 1.73. The Morgan fingerprint density at radius 2 is 1.93 bits per heavy atom. The van der Waals surface area contributed by atoms with E-state index in [1.165, 1.54) is 0 Å². The van der Waals surface area contributed by atoms with E-state index < -0.39 is 0 Å². The minimum atomic E-state index is -0.349. The fourth-order valence-corrected chi connectivity index (χ4v) is 1.73. The molecule has 1 aromatic carbocycles. The van der Waals surface area contributed by atoms with Crippen molar-refractivity contribution in [3.05, 3.63) is 35.9 Å². The summed E-state index contributed by atoms with van der Waals surface area (Å²) in [4.78, 5) is 2.28. The quantitative estimate of drug-likeness (QED) is 0.736. The Kier molecular flexibility index (Phi) is 2.33. The minimum absolute atomic E-state index is 0.301. The number of aliphatic hydroxyl groups is 1. The summed E-state index contributed by atoms with van der Waals surface area (Å²) in [6.45, 7) is 6.24. The zero-order valence-corrected chi connectivity index (χ0v) is 8.77. The highest BCUT2D eigenvalue weighted by molar-refractivity contribution is 5.18. The van der Waals surface area contributed by atoms with Crippen molar-refractivity contribution in [3.8, 4) is 0 Å². The lowest BCUT2D eigenvalue weighted by Gasteiger charge is -2.13. The molecule has 1 unspecified atom stereocenters. The normalized spacial score (nSPS) is 25.8. The van der Waals surface area contributed by atoms with Gasteiger partial charge in [0.1, 0.15) is 0 Å². The Bertz CT molecular complexity index is 307. The van der Waals surface area contributed by atoms with Crippen molar-refractivity contribution in [1.82, 2.24) is 4.90 Å². The van der Waals surface area contributed by atoms with E-state index in [1.807, 2.05) is 30.3 Å². The molecule has 14 heavy (non-hydrogen) atoms. The van der Waals surface area contributed by atoms with Crippen LogP contribution in [0, 0.1) is 0 Å². The molecule has 1 N–H and O–H groups in total. The average Bonchev–Trinajstić information content (AvgIpc) is 2.75. The fraction of sp³-hybridized carbons (Fsp3) is 0.500. The molecule has 2 rings (SSSR count). The Morgan fingerprint density at radius 3 is 2.43 bits per heavy atom. The van der Waals surface area contributed by atoms with E-state index in [1.54, 1.807) is 0 Å². The Labute approximate surface area is 85.2 Å². The highest BCUT2D eigenvalue weighted by Crippen LogP contribution is 2.32. The van der Waals surface area contributed by atoms with Crippen molar-refractivity contribution in [3.63, 3.8) is 0 Å². The van der Waals surface area contributed by atoms with E-state index in [4.69, 9.17) is 0 Å². The Balaban J connectivity index is 1.94. The molecule has 0 radical (unpaired) electrons. The van der Waals surface area contributed by atoms with Gasteiger partial charge in [0.2, 0.25) is 0 Å². The van der Waals surface area contributed by atoms with E-state index >= 15 is 0 Å². The first-order valence-electron chi connectivity index (χ1n) is 5.08. The first-order valence-corrected chi connectivity index (χ1v) is 5.08. The lowest BCUT2D eigenvalue weighted by Crippen LogP contribution is -2.16. The first kappa shape index (κ1) is 9.69. The molecule has 1 aromatic rings. The third-order valence-electron chi connectivity index (χ3n) is 2.91. The second-order valence-corrected chi connectivity index (χ2v) is 4.62. The molecule has 1 aliphatic heterocycles. The number of hydrogen-bond acceptors (Lipinski definition) is 2. The molecule has 0 saturated carbocycles.